The van der Waals surface area contributed by atoms with E-state index in [9.17, 15) is 0 Å². The van der Waals surface area contributed by atoms with Crippen molar-refractivity contribution < 1.29 is 0 Å². The minimum Gasteiger partial charge on any atom is -0.0881 e. The number of benzene rings is 7. The molecule has 0 radical (unpaired) electrons. The molecule has 0 nitrogen and oxygen atoms in total. The molecular weight excluding hydrogens is 597 g/mol. The summed E-state index contributed by atoms with van der Waals surface area (Å²) >= 11 is 1.97. The van der Waals surface area contributed by atoms with E-state index in [-0.39, 0.29) is 10.8 Å². The van der Waals surface area contributed by atoms with Gasteiger partial charge in [-0.3, -0.25) is 0 Å². The van der Waals surface area contributed by atoms with Gasteiger partial charge < -0.3 is 0 Å². The first-order valence-electron chi connectivity index (χ1n) is 16.8. The van der Waals surface area contributed by atoms with Crippen LogP contribution in [0.5, 0.6) is 0 Å². The van der Waals surface area contributed by atoms with Crippen LogP contribution in [0.2, 0.25) is 0 Å². The molecule has 0 saturated heterocycles. The highest BCUT2D eigenvalue weighted by Gasteiger charge is 2.44. The van der Waals surface area contributed by atoms with Crippen molar-refractivity contribution in [3.63, 3.8) is 0 Å². The van der Waals surface area contributed by atoms with E-state index >= 15 is 0 Å². The zero-order chi connectivity index (χ0) is 32.5. The molecule has 0 fully saturated rings. The summed E-state index contributed by atoms with van der Waals surface area (Å²) in [5, 5.41) is 2.51. The first-order valence-corrected chi connectivity index (χ1v) is 17.7. The third-order valence-electron chi connectivity index (χ3n) is 10.8. The molecule has 7 aromatic carbocycles. The lowest BCUT2D eigenvalue weighted by Crippen LogP contribution is -2.30. The predicted octanol–water partition coefficient (Wildman–Crippen LogP) is 12.8. The second-order valence-corrected chi connectivity index (χ2v) is 14.9. The molecule has 0 spiro atoms. The van der Waals surface area contributed by atoms with E-state index in [1.165, 1.54) is 81.8 Å². The van der Waals surface area contributed by atoms with E-state index in [1.807, 2.05) is 11.8 Å². The van der Waals surface area contributed by atoms with Gasteiger partial charge in [0.1, 0.15) is 0 Å². The molecule has 1 heterocycles. The number of hydrogen-bond acceptors (Lipinski definition) is 1. The third-order valence-corrected chi connectivity index (χ3v) is 12.1. The fraction of sp³-hybridized carbons (Fsp3) is 0.106. The average molecular weight is 633 g/mol. The Morgan fingerprint density at radius 2 is 1.08 bits per heavy atom. The zero-order valence-corrected chi connectivity index (χ0v) is 28.3. The van der Waals surface area contributed by atoms with Gasteiger partial charge in [-0.1, -0.05) is 177 Å². The summed E-state index contributed by atoms with van der Waals surface area (Å²) in [6.45, 7) is 7.20. The number of hydrogen-bond donors (Lipinski definition) is 0. The summed E-state index contributed by atoms with van der Waals surface area (Å²) in [6, 6.07) is 56.2. The normalized spacial score (nSPS) is 17.1. The molecule has 2 aliphatic rings. The summed E-state index contributed by atoms with van der Waals surface area (Å²) in [6.07, 6.45) is 4.38. The standard InChI is InChI=1S/C47H36S/c1-46(2)39-19-11-10-17-38(39)43-40(46)27-28-42-45(43)48-44-37(18-12-20-41(44)47(42,3)36-15-8-5-9-16-36)35-26-25-33-29-32(23-24-34(33)30-35)22-21-31-13-6-4-7-14-31/h4-30H,1-3H3/b22-21+. The van der Waals surface area contributed by atoms with Gasteiger partial charge in [0, 0.05) is 26.2 Å². The van der Waals surface area contributed by atoms with E-state index < -0.39 is 0 Å². The van der Waals surface area contributed by atoms with Crippen LogP contribution in [0, 0.1) is 0 Å². The van der Waals surface area contributed by atoms with Gasteiger partial charge in [0.05, 0.1) is 0 Å². The Hall–Kier alpha value is -5.11. The van der Waals surface area contributed by atoms with Crippen LogP contribution < -0.4 is 0 Å². The summed E-state index contributed by atoms with van der Waals surface area (Å²) in [5.41, 5.74) is 14.3. The van der Waals surface area contributed by atoms with E-state index in [0.717, 1.165) is 0 Å². The molecule has 0 bridgehead atoms. The molecule has 0 saturated carbocycles. The Morgan fingerprint density at radius 1 is 0.458 bits per heavy atom. The minimum atomic E-state index is -0.305. The molecule has 1 aliphatic carbocycles. The third kappa shape index (κ3) is 4.38. The van der Waals surface area contributed by atoms with Crippen molar-refractivity contribution in [3.8, 4) is 22.3 Å². The van der Waals surface area contributed by atoms with Crippen molar-refractivity contribution in [2.75, 3.05) is 0 Å². The minimum absolute atomic E-state index is 0.0437. The molecule has 48 heavy (non-hydrogen) atoms. The first kappa shape index (κ1) is 29.1. The predicted molar refractivity (Wildman–Crippen MR) is 205 cm³/mol. The lowest BCUT2D eigenvalue weighted by molar-refractivity contribution is 0.643. The van der Waals surface area contributed by atoms with Crippen LogP contribution in [0.4, 0.5) is 0 Å². The van der Waals surface area contributed by atoms with Gasteiger partial charge in [-0.2, -0.15) is 0 Å². The lowest BCUT2D eigenvalue weighted by atomic mass is 9.69. The summed E-state index contributed by atoms with van der Waals surface area (Å²) in [7, 11) is 0. The maximum absolute atomic E-state index is 2.44. The van der Waals surface area contributed by atoms with Crippen molar-refractivity contribution in [1.82, 2.24) is 0 Å². The van der Waals surface area contributed by atoms with Gasteiger partial charge in [-0.25, -0.2) is 0 Å². The van der Waals surface area contributed by atoms with Crippen LogP contribution in [0.25, 0.3) is 45.2 Å². The molecule has 1 atom stereocenters. The van der Waals surface area contributed by atoms with Gasteiger partial charge in [-0.15, -0.1) is 0 Å². The topological polar surface area (TPSA) is 0 Å². The van der Waals surface area contributed by atoms with Gasteiger partial charge in [0.15, 0.2) is 0 Å². The van der Waals surface area contributed by atoms with Gasteiger partial charge >= 0.3 is 0 Å². The van der Waals surface area contributed by atoms with Crippen LogP contribution in [0.1, 0.15) is 59.7 Å². The SMILES string of the molecule is CC1(C)c2ccccc2-c2c1ccc1c2Sc2c(-c3ccc4cc(/C=C/c5ccccc5)ccc4c3)cccc2C1(C)c1ccccc1. The molecule has 0 amide bonds. The Kier molecular flexibility index (Phi) is 6.64. The lowest BCUT2D eigenvalue weighted by Gasteiger charge is -2.40. The van der Waals surface area contributed by atoms with E-state index in [2.05, 4.69) is 185 Å². The smallest absolute Gasteiger partial charge is 0.0446 e. The zero-order valence-electron chi connectivity index (χ0n) is 27.5. The maximum Gasteiger partial charge on any atom is 0.0446 e. The molecule has 230 valence electrons. The largest absolute Gasteiger partial charge is 0.0881 e. The van der Waals surface area contributed by atoms with E-state index in [1.54, 1.807) is 0 Å². The van der Waals surface area contributed by atoms with E-state index in [0.29, 0.717) is 0 Å². The second kappa shape index (κ2) is 11.0. The van der Waals surface area contributed by atoms with Crippen molar-refractivity contribution in [2.45, 2.75) is 41.4 Å². The summed E-state index contributed by atoms with van der Waals surface area (Å²) < 4.78 is 0. The first-order chi connectivity index (χ1) is 23.4. The molecule has 9 rings (SSSR count). The molecule has 7 aromatic rings. The van der Waals surface area contributed by atoms with Crippen molar-refractivity contribution in [3.05, 3.63) is 191 Å². The molecule has 1 aliphatic heterocycles. The molecule has 1 unspecified atom stereocenters. The summed E-state index contributed by atoms with van der Waals surface area (Å²) in [5.74, 6) is 0. The maximum atomic E-state index is 2.44. The van der Waals surface area contributed by atoms with Crippen LogP contribution in [-0.2, 0) is 10.8 Å². The fourth-order valence-electron chi connectivity index (χ4n) is 8.15. The van der Waals surface area contributed by atoms with E-state index in [4.69, 9.17) is 0 Å². The molecule has 0 N–H and O–H groups in total. The quantitative estimate of drug-likeness (QED) is 0.174. The fourth-order valence-corrected chi connectivity index (χ4v) is 9.74. The molecule has 1 heteroatoms. The molecular formula is C47H36S. The van der Waals surface area contributed by atoms with Crippen LogP contribution >= 0.6 is 11.8 Å². The van der Waals surface area contributed by atoms with Gasteiger partial charge in [0.25, 0.3) is 0 Å². The van der Waals surface area contributed by atoms with Crippen molar-refractivity contribution in [2.24, 2.45) is 0 Å². The van der Waals surface area contributed by atoms with Crippen LogP contribution in [-0.4, -0.2) is 0 Å². The highest BCUT2D eigenvalue weighted by molar-refractivity contribution is 7.99. The Morgan fingerprint density at radius 3 is 1.92 bits per heavy atom. The Balaban J connectivity index is 1.21. The molecule has 0 aromatic heterocycles. The highest BCUT2D eigenvalue weighted by atomic mass is 32.2. The van der Waals surface area contributed by atoms with Gasteiger partial charge in [0.2, 0.25) is 0 Å². The van der Waals surface area contributed by atoms with Gasteiger partial charge in [-0.05, 0) is 85.5 Å². The average Bonchev–Trinajstić information content (AvgIpc) is 3.37. The number of rotatable bonds is 4. The van der Waals surface area contributed by atoms with Crippen molar-refractivity contribution >= 4 is 34.7 Å². The monoisotopic (exact) mass is 632 g/mol. The Bertz CT molecular complexity index is 2400. The summed E-state index contributed by atoms with van der Waals surface area (Å²) in [4.78, 5) is 2.75. The van der Waals surface area contributed by atoms with Crippen LogP contribution in [0.3, 0.4) is 0 Å². The second-order valence-electron chi connectivity index (χ2n) is 13.9. The Labute approximate surface area is 287 Å². The highest BCUT2D eigenvalue weighted by Crippen LogP contribution is 2.61. The van der Waals surface area contributed by atoms with Crippen LogP contribution in [0.15, 0.2) is 161 Å². The van der Waals surface area contributed by atoms with Crippen molar-refractivity contribution in [1.29, 1.82) is 0 Å². The number of fused-ring (bicyclic) bond motifs is 7.